The van der Waals surface area contributed by atoms with Gasteiger partial charge in [-0.25, -0.2) is 0 Å². The molecule has 0 aliphatic carbocycles. The van der Waals surface area contributed by atoms with Gasteiger partial charge in [-0.15, -0.1) is 11.6 Å². The van der Waals surface area contributed by atoms with Gasteiger partial charge in [-0.2, -0.15) is 0 Å². The largest absolute Gasteiger partial charge is 0.394 e. The number of benzene rings is 1. The average Bonchev–Trinajstić information content (AvgIpc) is 2.55. The van der Waals surface area contributed by atoms with Crippen molar-refractivity contribution in [1.29, 1.82) is 0 Å². The molecule has 1 heterocycles. The van der Waals surface area contributed by atoms with Crippen LogP contribution in [0.4, 0.5) is 11.4 Å². The van der Waals surface area contributed by atoms with E-state index >= 15 is 0 Å². The van der Waals surface area contributed by atoms with Crippen molar-refractivity contribution in [3.05, 3.63) is 55.3 Å². The standard InChI is InChI=1S/C14H15N3O2.CH3Cl/c15-6-8-1-2-9-3-4-17(7-10(9)5-8)12-11(16)13(18)14(12)19;1-2/h1-2,5H,3-4,6-7,15-16H2;1H3. The molecule has 3 rings (SSSR count). The fourth-order valence-electron chi connectivity index (χ4n) is 2.64. The van der Waals surface area contributed by atoms with Gasteiger partial charge in [0.15, 0.2) is 0 Å². The third-order valence-corrected chi connectivity index (χ3v) is 3.76. The first kappa shape index (κ1) is 15.5. The zero-order valence-corrected chi connectivity index (χ0v) is 12.6. The second-order valence-corrected chi connectivity index (χ2v) is 4.90. The molecule has 0 saturated carbocycles. The summed E-state index contributed by atoms with van der Waals surface area (Å²) >= 11 is 4.64. The first-order chi connectivity index (χ1) is 10.1. The maximum absolute atomic E-state index is 11.6. The van der Waals surface area contributed by atoms with E-state index in [1.54, 1.807) is 0 Å². The van der Waals surface area contributed by atoms with Gasteiger partial charge in [0, 0.05) is 26.0 Å². The Bertz CT molecular complexity index is 720. The van der Waals surface area contributed by atoms with E-state index in [-0.39, 0.29) is 5.69 Å². The van der Waals surface area contributed by atoms with E-state index < -0.39 is 10.9 Å². The predicted molar refractivity (Wildman–Crippen MR) is 86.6 cm³/mol. The van der Waals surface area contributed by atoms with Crippen molar-refractivity contribution in [2.45, 2.75) is 19.5 Å². The van der Waals surface area contributed by atoms with E-state index in [2.05, 4.69) is 23.7 Å². The van der Waals surface area contributed by atoms with Crippen molar-refractivity contribution in [1.82, 2.24) is 0 Å². The molecule has 0 bridgehead atoms. The van der Waals surface area contributed by atoms with Crippen LogP contribution >= 0.6 is 11.6 Å². The summed E-state index contributed by atoms with van der Waals surface area (Å²) in [4.78, 5) is 24.6. The van der Waals surface area contributed by atoms with Gasteiger partial charge in [0.25, 0.3) is 10.9 Å². The van der Waals surface area contributed by atoms with E-state index in [1.165, 1.54) is 11.9 Å². The van der Waals surface area contributed by atoms with Crippen LogP contribution in [0, 0.1) is 0 Å². The Morgan fingerprint density at radius 1 is 1.19 bits per heavy atom. The number of nitrogens with two attached hydrogens (primary N) is 2. The molecule has 0 spiro atoms. The van der Waals surface area contributed by atoms with Gasteiger partial charge in [-0.05, 0) is 23.1 Å². The van der Waals surface area contributed by atoms with Crippen LogP contribution in [0.25, 0.3) is 0 Å². The maximum atomic E-state index is 11.6. The van der Waals surface area contributed by atoms with Gasteiger partial charge >= 0.3 is 0 Å². The monoisotopic (exact) mass is 307 g/mol. The van der Waals surface area contributed by atoms with Crippen LogP contribution in [0.1, 0.15) is 16.7 Å². The molecule has 6 heteroatoms. The van der Waals surface area contributed by atoms with Crippen LogP contribution in [-0.4, -0.2) is 12.9 Å². The molecule has 0 atom stereocenters. The van der Waals surface area contributed by atoms with Crippen molar-refractivity contribution in [3.8, 4) is 0 Å². The molecule has 112 valence electrons. The molecule has 2 aromatic rings. The van der Waals surface area contributed by atoms with Crippen LogP contribution < -0.4 is 27.2 Å². The minimum absolute atomic E-state index is 0.100. The topological polar surface area (TPSA) is 89.4 Å². The van der Waals surface area contributed by atoms with E-state index in [1.807, 2.05) is 11.0 Å². The third-order valence-electron chi connectivity index (χ3n) is 3.76. The normalized spacial score (nSPS) is 13.6. The average molecular weight is 308 g/mol. The number of hydrogen-bond donors (Lipinski definition) is 2. The summed E-state index contributed by atoms with van der Waals surface area (Å²) in [5, 5.41) is 0. The first-order valence-corrected chi connectivity index (χ1v) is 7.39. The zero-order chi connectivity index (χ0) is 15.6. The number of anilines is 2. The molecule has 0 fully saturated rings. The van der Waals surface area contributed by atoms with Gasteiger partial charge in [0.2, 0.25) is 0 Å². The molecule has 4 N–H and O–H groups in total. The minimum atomic E-state index is -0.559. The number of halogens is 1. The number of nitrogens with zero attached hydrogens (tertiary/aromatic N) is 1. The minimum Gasteiger partial charge on any atom is -0.394 e. The quantitative estimate of drug-likeness (QED) is 0.631. The summed E-state index contributed by atoms with van der Waals surface area (Å²) < 4.78 is 0. The van der Waals surface area contributed by atoms with E-state index in [0.717, 1.165) is 17.5 Å². The van der Waals surface area contributed by atoms with Gasteiger partial charge in [-0.1, -0.05) is 18.2 Å². The number of fused-ring (bicyclic) bond motifs is 1. The Morgan fingerprint density at radius 2 is 1.90 bits per heavy atom. The number of rotatable bonds is 2. The predicted octanol–water partition coefficient (Wildman–Crippen LogP) is 0.741. The lowest BCUT2D eigenvalue weighted by Crippen LogP contribution is -2.44. The molecular weight excluding hydrogens is 290 g/mol. The number of alkyl halides is 1. The van der Waals surface area contributed by atoms with Gasteiger partial charge < -0.3 is 16.4 Å². The van der Waals surface area contributed by atoms with Gasteiger partial charge in [-0.3, -0.25) is 9.59 Å². The lowest BCUT2D eigenvalue weighted by Gasteiger charge is -2.31. The van der Waals surface area contributed by atoms with Gasteiger partial charge in [0.1, 0.15) is 11.4 Å². The van der Waals surface area contributed by atoms with Gasteiger partial charge in [0.05, 0.1) is 0 Å². The Kier molecular flexibility index (Phi) is 4.65. The van der Waals surface area contributed by atoms with E-state index in [9.17, 15) is 9.59 Å². The van der Waals surface area contributed by atoms with E-state index in [4.69, 9.17) is 11.5 Å². The molecule has 0 aromatic heterocycles. The fourth-order valence-corrected chi connectivity index (χ4v) is 2.64. The van der Waals surface area contributed by atoms with Crippen molar-refractivity contribution in [3.63, 3.8) is 0 Å². The molecule has 2 aromatic carbocycles. The molecule has 21 heavy (non-hydrogen) atoms. The first-order valence-electron chi connectivity index (χ1n) is 6.64. The Morgan fingerprint density at radius 3 is 2.52 bits per heavy atom. The van der Waals surface area contributed by atoms with Crippen LogP contribution in [0.2, 0.25) is 0 Å². The lowest BCUT2D eigenvalue weighted by atomic mass is 9.96. The van der Waals surface area contributed by atoms with Crippen LogP contribution in [0.15, 0.2) is 27.8 Å². The Balaban J connectivity index is 0.000000774. The molecule has 0 radical (unpaired) electrons. The molecule has 1 aliphatic heterocycles. The maximum Gasteiger partial charge on any atom is 0.253 e. The molecular formula is C15H18ClN3O2. The smallest absolute Gasteiger partial charge is 0.253 e. The Hall–Kier alpha value is -1.85. The molecule has 5 nitrogen and oxygen atoms in total. The summed E-state index contributed by atoms with van der Waals surface area (Å²) in [6.45, 7) is 1.82. The van der Waals surface area contributed by atoms with Crippen LogP contribution in [0.3, 0.4) is 0 Å². The highest BCUT2D eigenvalue weighted by Crippen LogP contribution is 2.26. The van der Waals surface area contributed by atoms with Crippen molar-refractivity contribution in [2.75, 3.05) is 23.6 Å². The molecule has 1 aliphatic rings. The summed E-state index contributed by atoms with van der Waals surface area (Å²) in [6, 6.07) is 6.17. The highest BCUT2D eigenvalue weighted by atomic mass is 35.5. The highest BCUT2D eigenvalue weighted by molar-refractivity contribution is 6.15. The molecule has 0 unspecified atom stereocenters. The SMILES string of the molecule is CCl.NCc1ccc2c(c1)CN(c1c(N)c(=O)c1=O)CC2. The number of nitrogen functional groups attached to an aromatic ring is 1. The van der Waals surface area contributed by atoms with E-state index in [0.29, 0.717) is 25.3 Å². The lowest BCUT2D eigenvalue weighted by molar-refractivity contribution is 0.725. The van der Waals surface area contributed by atoms with Crippen molar-refractivity contribution < 1.29 is 0 Å². The summed E-state index contributed by atoms with van der Waals surface area (Å²) in [5.74, 6) is 0. The van der Waals surface area contributed by atoms with Crippen molar-refractivity contribution >= 4 is 23.0 Å². The summed E-state index contributed by atoms with van der Waals surface area (Å²) in [6.07, 6.45) is 2.32. The summed E-state index contributed by atoms with van der Waals surface area (Å²) in [7, 11) is 0. The van der Waals surface area contributed by atoms with Crippen molar-refractivity contribution in [2.24, 2.45) is 5.73 Å². The summed E-state index contributed by atoms with van der Waals surface area (Å²) in [5.41, 5.74) is 14.2. The van der Waals surface area contributed by atoms with Crippen LogP contribution in [-0.2, 0) is 19.5 Å². The molecule has 0 saturated heterocycles. The second-order valence-electron chi connectivity index (χ2n) is 4.90. The Labute approximate surface area is 127 Å². The third kappa shape index (κ3) is 2.66. The highest BCUT2D eigenvalue weighted by Gasteiger charge is 2.26. The number of hydrogen-bond acceptors (Lipinski definition) is 5. The second kappa shape index (κ2) is 6.28. The van der Waals surface area contributed by atoms with Crippen LogP contribution in [0.5, 0.6) is 0 Å². The zero-order valence-electron chi connectivity index (χ0n) is 11.9. The molecule has 0 amide bonds. The fraction of sp³-hybridized carbons (Fsp3) is 0.333.